The highest BCUT2D eigenvalue weighted by Gasteiger charge is 2.20. The van der Waals surface area contributed by atoms with E-state index in [2.05, 4.69) is 36.0 Å². The Morgan fingerprint density at radius 1 is 1.21 bits per heavy atom. The molecule has 0 radical (unpaired) electrons. The Morgan fingerprint density at radius 3 is 2.75 bits per heavy atom. The Labute approximate surface area is 164 Å². The van der Waals surface area contributed by atoms with Crippen molar-refractivity contribution in [3.05, 3.63) is 28.8 Å². The van der Waals surface area contributed by atoms with Gasteiger partial charge in [-0.3, -0.25) is 0 Å². The molecule has 1 saturated carbocycles. The summed E-state index contributed by atoms with van der Waals surface area (Å²) in [6, 6.07) is 5.11. The molecular formula is C17H19ClN8O2. The third-order valence-electron chi connectivity index (χ3n) is 4.75. The second kappa shape index (κ2) is 7.56. The van der Waals surface area contributed by atoms with E-state index in [1.807, 2.05) is 0 Å². The summed E-state index contributed by atoms with van der Waals surface area (Å²) in [5, 5.41) is 26.5. The molecule has 11 heteroatoms. The van der Waals surface area contributed by atoms with Crippen molar-refractivity contribution in [1.29, 1.82) is 0 Å². The molecule has 0 bridgehead atoms. The lowest BCUT2D eigenvalue weighted by Crippen LogP contribution is -2.33. The molecule has 2 heterocycles. The minimum absolute atomic E-state index is 0.00554. The first-order chi connectivity index (χ1) is 13.5. The molecule has 0 saturated heterocycles. The van der Waals surface area contributed by atoms with E-state index in [-0.39, 0.29) is 22.7 Å². The van der Waals surface area contributed by atoms with Crippen LogP contribution >= 0.6 is 11.6 Å². The molecule has 3 aromatic rings. The third-order valence-corrected chi connectivity index (χ3v) is 5.08. The molecular weight excluding hydrogens is 384 g/mol. The topological polar surface area (TPSA) is 155 Å². The number of aromatic carboxylic acids is 1. The monoisotopic (exact) mass is 402 g/mol. The Kier molecular flexibility index (Phi) is 4.97. The van der Waals surface area contributed by atoms with Gasteiger partial charge in [0.25, 0.3) is 0 Å². The summed E-state index contributed by atoms with van der Waals surface area (Å²) in [6.07, 6.45) is 3.81. The van der Waals surface area contributed by atoms with E-state index >= 15 is 0 Å². The number of nitrogens with two attached hydrogens (primary N) is 1. The van der Waals surface area contributed by atoms with Crippen LogP contribution in [0.15, 0.2) is 18.2 Å². The second-order valence-electron chi connectivity index (χ2n) is 6.77. The van der Waals surface area contributed by atoms with Crippen LogP contribution in [0.1, 0.15) is 36.0 Å². The van der Waals surface area contributed by atoms with E-state index in [1.54, 1.807) is 6.07 Å². The molecule has 1 fully saturated rings. The third kappa shape index (κ3) is 3.82. The number of H-pyrrole nitrogens is 1. The van der Waals surface area contributed by atoms with E-state index < -0.39 is 5.97 Å². The van der Waals surface area contributed by atoms with E-state index in [0.717, 1.165) is 25.7 Å². The van der Waals surface area contributed by atoms with Gasteiger partial charge in [-0.15, -0.1) is 5.10 Å². The summed E-state index contributed by atoms with van der Waals surface area (Å²) in [5.74, 6) is -0.273. The number of aromatic amines is 1. The molecule has 1 aliphatic carbocycles. The maximum atomic E-state index is 11.3. The van der Waals surface area contributed by atoms with Crippen LogP contribution in [0.4, 0.5) is 17.5 Å². The van der Waals surface area contributed by atoms with E-state index in [4.69, 9.17) is 17.3 Å². The molecule has 0 unspecified atom stereocenters. The standard InChI is InChI=1S/C17H19ClN8O2/c18-12-6-5-10(7-11(12)16(27)28)20-14-13-15(25-26-24-13)23-17(22-14)21-9-3-1-8(19)2-4-9/h5-9H,1-4,19H2,(H,27,28)(H3,20,21,22,23,24,25,26). The van der Waals surface area contributed by atoms with Crippen molar-refractivity contribution in [3.63, 3.8) is 0 Å². The molecule has 28 heavy (non-hydrogen) atoms. The van der Waals surface area contributed by atoms with E-state index in [1.165, 1.54) is 12.1 Å². The zero-order valence-corrected chi connectivity index (χ0v) is 15.6. The molecule has 0 amide bonds. The SMILES string of the molecule is NC1CCC(Nc2nc(Nc3ccc(Cl)c(C(=O)O)c3)c3n[nH]nc3n2)CC1. The number of carboxylic acids is 1. The van der Waals surface area contributed by atoms with Crippen molar-refractivity contribution in [3.8, 4) is 0 Å². The molecule has 1 aliphatic rings. The number of hydrogen-bond acceptors (Lipinski definition) is 8. The van der Waals surface area contributed by atoms with Gasteiger partial charge in [0, 0.05) is 17.8 Å². The molecule has 146 valence electrons. The highest BCUT2D eigenvalue weighted by molar-refractivity contribution is 6.33. The average Bonchev–Trinajstić information content (AvgIpc) is 3.14. The van der Waals surface area contributed by atoms with Crippen LogP contribution in [-0.4, -0.2) is 48.5 Å². The number of fused-ring (bicyclic) bond motifs is 1. The fourth-order valence-electron chi connectivity index (χ4n) is 3.25. The van der Waals surface area contributed by atoms with Crippen molar-refractivity contribution in [1.82, 2.24) is 25.4 Å². The van der Waals surface area contributed by atoms with Crippen LogP contribution in [0.5, 0.6) is 0 Å². The zero-order valence-electron chi connectivity index (χ0n) is 14.8. The molecule has 6 N–H and O–H groups in total. The Bertz CT molecular complexity index is 1020. The first kappa shape index (κ1) is 18.4. The van der Waals surface area contributed by atoms with Gasteiger partial charge in [-0.2, -0.15) is 20.3 Å². The van der Waals surface area contributed by atoms with Gasteiger partial charge in [-0.25, -0.2) is 4.79 Å². The number of benzene rings is 1. The minimum Gasteiger partial charge on any atom is -0.478 e. The first-order valence-corrected chi connectivity index (χ1v) is 9.28. The molecule has 1 aromatic carbocycles. The van der Waals surface area contributed by atoms with Crippen molar-refractivity contribution in [2.75, 3.05) is 10.6 Å². The maximum Gasteiger partial charge on any atom is 0.337 e. The molecule has 10 nitrogen and oxygen atoms in total. The number of carbonyl (C=O) groups is 1. The van der Waals surface area contributed by atoms with Gasteiger partial charge in [0.05, 0.1) is 10.6 Å². The van der Waals surface area contributed by atoms with Crippen LogP contribution in [0.2, 0.25) is 5.02 Å². The first-order valence-electron chi connectivity index (χ1n) is 8.90. The summed E-state index contributed by atoms with van der Waals surface area (Å²) in [4.78, 5) is 20.2. The van der Waals surface area contributed by atoms with Crippen LogP contribution in [-0.2, 0) is 0 Å². The average molecular weight is 403 g/mol. The fraction of sp³-hybridized carbons (Fsp3) is 0.353. The van der Waals surface area contributed by atoms with Crippen molar-refractivity contribution >= 4 is 46.2 Å². The smallest absolute Gasteiger partial charge is 0.337 e. The van der Waals surface area contributed by atoms with Crippen LogP contribution < -0.4 is 16.4 Å². The zero-order chi connectivity index (χ0) is 19.7. The van der Waals surface area contributed by atoms with Crippen LogP contribution in [0.25, 0.3) is 11.2 Å². The lowest BCUT2D eigenvalue weighted by atomic mass is 9.92. The molecule has 0 aliphatic heterocycles. The molecule has 0 spiro atoms. The number of anilines is 3. The largest absolute Gasteiger partial charge is 0.478 e. The van der Waals surface area contributed by atoms with E-state index in [0.29, 0.717) is 28.6 Å². The molecule has 2 aromatic heterocycles. The van der Waals surface area contributed by atoms with Gasteiger partial charge in [0.2, 0.25) is 11.6 Å². The fourth-order valence-corrected chi connectivity index (χ4v) is 3.45. The van der Waals surface area contributed by atoms with Gasteiger partial charge in [0.1, 0.15) is 0 Å². The van der Waals surface area contributed by atoms with Gasteiger partial charge < -0.3 is 21.5 Å². The highest BCUT2D eigenvalue weighted by Crippen LogP contribution is 2.27. The lowest BCUT2D eigenvalue weighted by Gasteiger charge is -2.26. The lowest BCUT2D eigenvalue weighted by molar-refractivity contribution is 0.0697. The summed E-state index contributed by atoms with van der Waals surface area (Å²) in [6.45, 7) is 0. The normalized spacial score (nSPS) is 19.5. The van der Waals surface area contributed by atoms with Gasteiger partial charge >= 0.3 is 5.97 Å². The Hall–Kier alpha value is -2.98. The summed E-state index contributed by atoms with van der Waals surface area (Å²) in [7, 11) is 0. The number of nitrogens with one attached hydrogen (secondary N) is 3. The van der Waals surface area contributed by atoms with Crippen molar-refractivity contribution < 1.29 is 9.90 Å². The second-order valence-corrected chi connectivity index (χ2v) is 7.18. The number of hydrogen-bond donors (Lipinski definition) is 5. The predicted octanol–water partition coefficient (Wildman–Crippen LogP) is 2.52. The van der Waals surface area contributed by atoms with Crippen LogP contribution in [0.3, 0.4) is 0 Å². The minimum atomic E-state index is -1.11. The summed E-state index contributed by atoms with van der Waals surface area (Å²) >= 11 is 5.94. The number of halogens is 1. The van der Waals surface area contributed by atoms with Crippen molar-refractivity contribution in [2.24, 2.45) is 5.73 Å². The van der Waals surface area contributed by atoms with Gasteiger partial charge in [0.15, 0.2) is 11.3 Å². The number of aromatic nitrogens is 5. The Balaban J connectivity index is 1.62. The maximum absolute atomic E-state index is 11.3. The highest BCUT2D eigenvalue weighted by atomic mass is 35.5. The summed E-state index contributed by atoms with van der Waals surface area (Å²) in [5.41, 5.74) is 7.32. The Morgan fingerprint density at radius 2 is 2.00 bits per heavy atom. The summed E-state index contributed by atoms with van der Waals surface area (Å²) < 4.78 is 0. The van der Waals surface area contributed by atoms with Crippen LogP contribution in [0, 0.1) is 0 Å². The van der Waals surface area contributed by atoms with E-state index in [9.17, 15) is 9.90 Å². The molecule has 4 rings (SSSR count). The number of carboxylic acid groups (broad SMARTS) is 1. The number of rotatable bonds is 5. The van der Waals surface area contributed by atoms with Crippen molar-refractivity contribution in [2.45, 2.75) is 37.8 Å². The van der Waals surface area contributed by atoms with Gasteiger partial charge in [-0.1, -0.05) is 11.6 Å². The molecule has 0 atom stereocenters. The van der Waals surface area contributed by atoms with Gasteiger partial charge in [-0.05, 0) is 43.9 Å². The predicted molar refractivity (Wildman–Crippen MR) is 105 cm³/mol. The quantitative estimate of drug-likeness (QED) is 0.432. The number of nitrogens with zero attached hydrogens (tertiary/aromatic N) is 4.